The average Bonchev–Trinajstić information content (AvgIpc) is 4.05. The standard InChI is InChI=1S/C38H36N8O8S2/c1-45(19-15-25-9-3-5-17-39-25)35-33(27-11-7-21-51-27)43-37(55-35)41-29(47)23-53-31(49)13-14-32(50)54-24-30(48)42-38-44-34(28-12-8-22-52-28)36(56-38)46(2)20-16-26-10-4-6-18-40-26/h3-14,17-18,21-22H,15-16,19-20,23-24H2,1-2H3,(H,41,43,47)(H,42,44,48)/b14-13+. The number of rotatable bonds is 18. The van der Waals surface area contributed by atoms with Crippen molar-refractivity contribution in [1.29, 1.82) is 0 Å². The van der Waals surface area contributed by atoms with E-state index in [0.717, 1.165) is 33.5 Å². The van der Waals surface area contributed by atoms with Crippen molar-refractivity contribution in [3.05, 3.63) is 109 Å². The van der Waals surface area contributed by atoms with Crippen LogP contribution in [0, 0.1) is 0 Å². The van der Waals surface area contributed by atoms with Gasteiger partial charge in [-0.25, -0.2) is 19.6 Å². The molecule has 0 aromatic carbocycles. The van der Waals surface area contributed by atoms with Crippen molar-refractivity contribution in [3.8, 4) is 22.9 Å². The van der Waals surface area contributed by atoms with Gasteiger partial charge in [-0.3, -0.25) is 30.2 Å². The Morgan fingerprint density at radius 2 is 1.11 bits per heavy atom. The number of likely N-dealkylation sites (N-methyl/N-ethyl adjacent to an activating group) is 2. The Hall–Kier alpha value is -6.66. The number of nitrogens with zero attached hydrogens (tertiary/aromatic N) is 6. The molecule has 0 unspecified atom stereocenters. The third-order valence-electron chi connectivity index (χ3n) is 7.82. The maximum atomic E-state index is 12.6. The summed E-state index contributed by atoms with van der Waals surface area (Å²) in [5.41, 5.74) is 2.96. The first-order chi connectivity index (χ1) is 27.2. The Bertz CT molecular complexity index is 2080. The first-order valence-electron chi connectivity index (χ1n) is 17.1. The predicted molar refractivity (Wildman–Crippen MR) is 210 cm³/mol. The normalized spacial score (nSPS) is 11.0. The van der Waals surface area contributed by atoms with Gasteiger partial charge >= 0.3 is 11.9 Å². The van der Waals surface area contributed by atoms with Crippen LogP contribution in [0.1, 0.15) is 11.4 Å². The predicted octanol–water partition coefficient (Wildman–Crippen LogP) is 5.49. The van der Waals surface area contributed by atoms with Gasteiger partial charge in [0.2, 0.25) is 0 Å². The number of pyridine rings is 2. The zero-order valence-corrected chi connectivity index (χ0v) is 31.9. The van der Waals surface area contributed by atoms with Crippen molar-refractivity contribution < 1.29 is 37.5 Å². The van der Waals surface area contributed by atoms with Crippen molar-refractivity contribution in [1.82, 2.24) is 19.9 Å². The topological polar surface area (TPSA) is 195 Å². The molecule has 0 fully saturated rings. The van der Waals surface area contributed by atoms with Crippen molar-refractivity contribution in [2.75, 3.05) is 60.8 Å². The zero-order valence-electron chi connectivity index (χ0n) is 30.2. The van der Waals surface area contributed by atoms with Crippen molar-refractivity contribution in [2.45, 2.75) is 12.8 Å². The van der Waals surface area contributed by atoms with Crippen LogP contribution in [0.15, 0.2) is 107 Å². The van der Waals surface area contributed by atoms with E-state index in [4.69, 9.17) is 18.3 Å². The average molecular weight is 797 g/mol. The van der Waals surface area contributed by atoms with Gasteiger partial charge in [-0.2, -0.15) is 0 Å². The smallest absolute Gasteiger partial charge is 0.331 e. The molecule has 56 heavy (non-hydrogen) atoms. The molecule has 288 valence electrons. The number of aromatic nitrogens is 4. The lowest BCUT2D eigenvalue weighted by molar-refractivity contribution is -0.144. The van der Waals surface area contributed by atoms with Crippen LogP contribution >= 0.6 is 22.7 Å². The van der Waals surface area contributed by atoms with E-state index in [1.165, 1.54) is 35.2 Å². The molecule has 0 aliphatic carbocycles. The van der Waals surface area contributed by atoms with Crippen molar-refractivity contribution in [2.24, 2.45) is 0 Å². The largest absolute Gasteiger partial charge is 0.463 e. The highest BCUT2D eigenvalue weighted by Crippen LogP contribution is 2.39. The number of esters is 2. The maximum Gasteiger partial charge on any atom is 0.331 e. The highest BCUT2D eigenvalue weighted by molar-refractivity contribution is 7.20. The lowest BCUT2D eigenvalue weighted by Gasteiger charge is -2.17. The minimum Gasteiger partial charge on any atom is -0.463 e. The highest BCUT2D eigenvalue weighted by Gasteiger charge is 2.22. The molecule has 2 N–H and O–H groups in total. The van der Waals surface area contributed by atoms with E-state index in [1.54, 1.807) is 36.7 Å². The van der Waals surface area contributed by atoms with E-state index in [-0.39, 0.29) is 10.3 Å². The Morgan fingerprint density at radius 3 is 1.48 bits per heavy atom. The van der Waals surface area contributed by atoms with Crippen LogP contribution in [0.5, 0.6) is 0 Å². The first kappa shape index (κ1) is 39.0. The Kier molecular flexibility index (Phi) is 13.3. The molecule has 0 bridgehead atoms. The number of anilines is 4. The number of amides is 2. The zero-order chi connectivity index (χ0) is 39.3. The van der Waals surface area contributed by atoms with Gasteiger partial charge < -0.3 is 28.1 Å². The second-order valence-corrected chi connectivity index (χ2v) is 13.9. The van der Waals surface area contributed by atoms with Gasteiger partial charge in [0, 0.05) is 76.0 Å². The molecule has 6 aromatic heterocycles. The molecule has 6 heterocycles. The van der Waals surface area contributed by atoms with E-state index in [2.05, 4.69) is 30.6 Å². The lowest BCUT2D eigenvalue weighted by Crippen LogP contribution is -2.21. The van der Waals surface area contributed by atoms with E-state index in [9.17, 15) is 19.2 Å². The molecule has 18 heteroatoms. The summed E-state index contributed by atoms with van der Waals surface area (Å²) in [4.78, 5) is 71.6. The van der Waals surface area contributed by atoms with Gasteiger partial charge in [-0.1, -0.05) is 34.8 Å². The molecule has 0 atom stereocenters. The van der Waals surface area contributed by atoms with Crippen LogP contribution < -0.4 is 20.4 Å². The number of thiazole rings is 2. The van der Waals surface area contributed by atoms with Crippen LogP contribution in [-0.2, 0) is 41.5 Å². The Morgan fingerprint density at radius 1 is 0.661 bits per heavy atom. The van der Waals surface area contributed by atoms with Gasteiger partial charge in [-0.15, -0.1) is 0 Å². The van der Waals surface area contributed by atoms with E-state index in [1.807, 2.05) is 60.3 Å². The van der Waals surface area contributed by atoms with Gasteiger partial charge in [0.05, 0.1) is 12.5 Å². The molecule has 0 aliphatic heterocycles. The summed E-state index contributed by atoms with van der Waals surface area (Å²) in [6.45, 7) is -0.0302. The number of ether oxygens (including phenoxy) is 2. The molecule has 0 spiro atoms. The summed E-state index contributed by atoms with van der Waals surface area (Å²) in [6.07, 6.45) is 9.51. The molecule has 0 saturated heterocycles. The summed E-state index contributed by atoms with van der Waals surface area (Å²) in [5, 5.41) is 7.33. The van der Waals surface area contributed by atoms with Crippen LogP contribution in [0.3, 0.4) is 0 Å². The third kappa shape index (κ3) is 11.0. The number of nitrogens with one attached hydrogen (secondary N) is 2. The highest BCUT2D eigenvalue weighted by atomic mass is 32.1. The number of hydrogen-bond acceptors (Lipinski definition) is 16. The Labute approximate surface area is 328 Å². The molecular formula is C38H36N8O8S2. The van der Waals surface area contributed by atoms with Crippen molar-refractivity contribution in [3.63, 3.8) is 0 Å². The fourth-order valence-corrected chi connectivity index (χ4v) is 7.02. The number of carbonyl (C=O) groups is 4. The lowest BCUT2D eigenvalue weighted by atomic mass is 10.2. The molecule has 6 aromatic rings. The van der Waals surface area contributed by atoms with Crippen LogP contribution in [0.25, 0.3) is 22.9 Å². The fourth-order valence-electron chi connectivity index (χ4n) is 5.07. The number of furan rings is 2. The molecule has 0 radical (unpaired) electrons. The summed E-state index contributed by atoms with van der Waals surface area (Å²) in [6, 6.07) is 18.5. The maximum absolute atomic E-state index is 12.6. The minimum absolute atomic E-state index is 0.272. The monoisotopic (exact) mass is 796 g/mol. The van der Waals surface area contributed by atoms with Gasteiger partial charge in [0.15, 0.2) is 35.0 Å². The summed E-state index contributed by atoms with van der Waals surface area (Å²) in [7, 11) is 3.81. The molecule has 6 rings (SSSR count). The van der Waals surface area contributed by atoms with Gasteiger partial charge in [-0.05, 0) is 48.5 Å². The number of hydrogen-bond donors (Lipinski definition) is 2. The molecule has 0 saturated carbocycles. The van der Waals surface area contributed by atoms with Crippen LogP contribution in [0.4, 0.5) is 20.3 Å². The second-order valence-electron chi connectivity index (χ2n) is 11.9. The Balaban J connectivity index is 0.954. The van der Waals surface area contributed by atoms with E-state index < -0.39 is 37.0 Å². The van der Waals surface area contributed by atoms with Gasteiger partial charge in [0.25, 0.3) is 11.8 Å². The summed E-state index contributed by atoms with van der Waals surface area (Å²) in [5.74, 6) is -2.19. The number of carbonyl (C=O) groups excluding carboxylic acids is 4. The third-order valence-corrected chi connectivity index (χ3v) is 9.99. The molecule has 16 nitrogen and oxygen atoms in total. The minimum atomic E-state index is -0.972. The molecule has 2 amide bonds. The summed E-state index contributed by atoms with van der Waals surface area (Å²) < 4.78 is 21.1. The van der Waals surface area contributed by atoms with E-state index in [0.29, 0.717) is 48.8 Å². The molecule has 0 aliphatic rings. The first-order valence-corrected chi connectivity index (χ1v) is 18.8. The SMILES string of the molecule is CN(CCc1ccccn1)c1sc(NC(=O)COC(=O)/C=C/C(=O)OCC(=O)Nc2nc(-c3ccco3)c(N(C)CCc3ccccn3)s2)nc1-c1ccco1. The van der Waals surface area contributed by atoms with E-state index >= 15 is 0 Å². The second kappa shape index (κ2) is 19.1. The van der Waals surface area contributed by atoms with Crippen molar-refractivity contribution >= 4 is 66.7 Å². The van der Waals surface area contributed by atoms with Gasteiger partial charge in [0.1, 0.15) is 21.4 Å². The summed E-state index contributed by atoms with van der Waals surface area (Å²) >= 11 is 2.46. The quantitative estimate of drug-likeness (QED) is 0.0819. The molecular weight excluding hydrogens is 761 g/mol. The van der Waals surface area contributed by atoms with Crippen LogP contribution in [-0.4, -0.2) is 84.1 Å². The fraction of sp³-hybridized carbons (Fsp3) is 0.211. The van der Waals surface area contributed by atoms with Crippen LogP contribution in [0.2, 0.25) is 0 Å².